The van der Waals surface area contributed by atoms with Crippen LogP contribution >= 0.6 is 0 Å². The first-order chi connectivity index (χ1) is 8.13. The van der Waals surface area contributed by atoms with Crippen LogP contribution in [0.3, 0.4) is 0 Å². The lowest BCUT2D eigenvalue weighted by Crippen LogP contribution is -2.45. The zero-order chi connectivity index (χ0) is 12.7. The zero-order valence-corrected chi connectivity index (χ0v) is 11.0. The fourth-order valence-electron chi connectivity index (χ4n) is 2.29. The Kier molecular flexibility index (Phi) is 6.09. The summed E-state index contributed by atoms with van der Waals surface area (Å²) in [5.74, 6) is 0. The monoisotopic (exact) mass is 243 g/mol. The second-order valence-corrected chi connectivity index (χ2v) is 5.23. The number of hydrogen-bond donors (Lipinski definition) is 1. The Hall–Kier alpha value is -0.450. The molecule has 0 aromatic rings. The number of aliphatic hydroxyl groups is 1. The van der Waals surface area contributed by atoms with E-state index in [-0.39, 0.29) is 12.0 Å². The van der Waals surface area contributed by atoms with Gasteiger partial charge in [-0.25, -0.2) is 0 Å². The summed E-state index contributed by atoms with van der Waals surface area (Å²) in [6.45, 7) is 7.49. The van der Waals surface area contributed by atoms with Crippen molar-refractivity contribution in [3.8, 4) is 0 Å². The van der Waals surface area contributed by atoms with E-state index >= 15 is 0 Å². The number of carbonyl (C=O) groups excluding carboxylic acids is 1. The highest BCUT2D eigenvalue weighted by atomic mass is 16.5. The first-order valence-electron chi connectivity index (χ1n) is 6.52. The summed E-state index contributed by atoms with van der Waals surface area (Å²) in [5, 5.41) is 8.91. The summed E-state index contributed by atoms with van der Waals surface area (Å²) in [5.41, 5.74) is -0.238. The SMILES string of the molecule is CC(C)N(CCCO)CC1(C=O)CCOCC1. The third-order valence-corrected chi connectivity index (χ3v) is 3.59. The molecule has 1 heterocycles. The molecule has 0 radical (unpaired) electrons. The Morgan fingerprint density at radius 2 is 2.06 bits per heavy atom. The van der Waals surface area contributed by atoms with Crippen molar-refractivity contribution in [1.29, 1.82) is 0 Å². The Labute approximate surface area is 104 Å². The van der Waals surface area contributed by atoms with Gasteiger partial charge in [-0.2, -0.15) is 0 Å². The van der Waals surface area contributed by atoms with E-state index in [0.717, 1.165) is 38.6 Å². The molecule has 0 unspecified atom stereocenters. The van der Waals surface area contributed by atoms with E-state index in [1.165, 1.54) is 0 Å². The van der Waals surface area contributed by atoms with Crippen LogP contribution in [0.4, 0.5) is 0 Å². The molecule has 0 amide bonds. The quantitative estimate of drug-likeness (QED) is 0.680. The van der Waals surface area contributed by atoms with E-state index in [2.05, 4.69) is 18.7 Å². The van der Waals surface area contributed by atoms with Crippen LogP contribution in [0.15, 0.2) is 0 Å². The average molecular weight is 243 g/mol. The van der Waals surface area contributed by atoms with E-state index in [4.69, 9.17) is 9.84 Å². The summed E-state index contributed by atoms with van der Waals surface area (Å²) in [6, 6.07) is 0.404. The Balaban J connectivity index is 2.58. The van der Waals surface area contributed by atoms with Crippen molar-refractivity contribution in [2.24, 2.45) is 5.41 Å². The van der Waals surface area contributed by atoms with Crippen LogP contribution in [-0.2, 0) is 9.53 Å². The topological polar surface area (TPSA) is 49.8 Å². The minimum Gasteiger partial charge on any atom is -0.396 e. The molecular weight excluding hydrogens is 218 g/mol. The Bertz CT molecular complexity index is 225. The van der Waals surface area contributed by atoms with Gasteiger partial charge >= 0.3 is 0 Å². The van der Waals surface area contributed by atoms with Crippen LogP contribution in [0, 0.1) is 5.41 Å². The highest BCUT2D eigenvalue weighted by molar-refractivity contribution is 5.60. The number of aldehydes is 1. The molecule has 1 aliphatic heterocycles. The van der Waals surface area contributed by atoms with Gasteiger partial charge in [0.15, 0.2) is 0 Å². The van der Waals surface area contributed by atoms with Gasteiger partial charge in [0.25, 0.3) is 0 Å². The van der Waals surface area contributed by atoms with Crippen LogP contribution in [-0.4, -0.2) is 55.2 Å². The maximum atomic E-state index is 11.4. The molecule has 1 saturated heterocycles. The van der Waals surface area contributed by atoms with Gasteiger partial charge in [0.05, 0.1) is 0 Å². The molecule has 100 valence electrons. The number of carbonyl (C=O) groups is 1. The lowest BCUT2D eigenvalue weighted by atomic mass is 9.81. The standard InChI is InChI=1S/C13H25NO3/c1-12(2)14(6-3-7-15)10-13(11-16)4-8-17-9-5-13/h11-12,15H,3-10H2,1-2H3. The number of nitrogens with zero attached hydrogens (tertiary/aromatic N) is 1. The highest BCUT2D eigenvalue weighted by Crippen LogP contribution is 2.29. The Morgan fingerprint density at radius 1 is 1.41 bits per heavy atom. The summed E-state index contributed by atoms with van der Waals surface area (Å²) in [7, 11) is 0. The predicted octanol–water partition coefficient (Wildman–Crippen LogP) is 1.07. The van der Waals surface area contributed by atoms with E-state index in [1.54, 1.807) is 0 Å². The lowest BCUT2D eigenvalue weighted by Gasteiger charge is -2.38. The molecule has 1 rings (SSSR count). The van der Waals surface area contributed by atoms with Gasteiger partial charge in [-0.3, -0.25) is 4.90 Å². The summed E-state index contributed by atoms with van der Waals surface area (Å²) in [6.07, 6.45) is 3.52. The second-order valence-electron chi connectivity index (χ2n) is 5.23. The largest absolute Gasteiger partial charge is 0.396 e. The highest BCUT2D eigenvalue weighted by Gasteiger charge is 2.34. The van der Waals surface area contributed by atoms with Gasteiger partial charge in [-0.05, 0) is 33.1 Å². The summed E-state index contributed by atoms with van der Waals surface area (Å²) >= 11 is 0. The van der Waals surface area contributed by atoms with Crippen molar-refractivity contribution in [1.82, 2.24) is 4.90 Å². The third kappa shape index (κ3) is 4.37. The fourth-order valence-corrected chi connectivity index (χ4v) is 2.29. The second kappa shape index (κ2) is 7.09. The fraction of sp³-hybridized carbons (Fsp3) is 0.923. The normalized spacial score (nSPS) is 19.8. The van der Waals surface area contributed by atoms with E-state index < -0.39 is 0 Å². The maximum Gasteiger partial charge on any atom is 0.127 e. The predicted molar refractivity (Wildman–Crippen MR) is 67.0 cm³/mol. The maximum absolute atomic E-state index is 11.4. The van der Waals surface area contributed by atoms with Crippen molar-refractivity contribution < 1.29 is 14.6 Å². The van der Waals surface area contributed by atoms with Crippen LogP contribution in [0.2, 0.25) is 0 Å². The molecule has 0 saturated carbocycles. The van der Waals surface area contributed by atoms with Gasteiger partial charge in [-0.1, -0.05) is 0 Å². The first kappa shape index (κ1) is 14.6. The van der Waals surface area contributed by atoms with Crippen molar-refractivity contribution in [3.63, 3.8) is 0 Å². The van der Waals surface area contributed by atoms with Crippen LogP contribution in [0.25, 0.3) is 0 Å². The molecule has 17 heavy (non-hydrogen) atoms. The molecule has 4 nitrogen and oxygen atoms in total. The van der Waals surface area contributed by atoms with Gasteiger partial charge in [-0.15, -0.1) is 0 Å². The zero-order valence-electron chi connectivity index (χ0n) is 11.0. The number of hydrogen-bond acceptors (Lipinski definition) is 4. The molecule has 0 aromatic carbocycles. The van der Waals surface area contributed by atoms with Crippen molar-refractivity contribution in [3.05, 3.63) is 0 Å². The van der Waals surface area contributed by atoms with Crippen LogP contribution in [0.5, 0.6) is 0 Å². The summed E-state index contributed by atoms with van der Waals surface area (Å²) < 4.78 is 5.33. The smallest absolute Gasteiger partial charge is 0.127 e. The first-order valence-corrected chi connectivity index (χ1v) is 6.52. The minimum atomic E-state index is -0.238. The van der Waals surface area contributed by atoms with Gasteiger partial charge in [0, 0.05) is 44.4 Å². The lowest BCUT2D eigenvalue weighted by molar-refractivity contribution is -0.123. The molecule has 0 spiro atoms. The van der Waals surface area contributed by atoms with E-state index in [0.29, 0.717) is 19.3 Å². The van der Waals surface area contributed by atoms with Gasteiger partial charge in [0.2, 0.25) is 0 Å². The van der Waals surface area contributed by atoms with E-state index in [1.807, 2.05) is 0 Å². The minimum absolute atomic E-state index is 0.209. The molecule has 0 bridgehead atoms. The third-order valence-electron chi connectivity index (χ3n) is 3.59. The van der Waals surface area contributed by atoms with Crippen LogP contribution < -0.4 is 0 Å². The average Bonchev–Trinajstić information content (AvgIpc) is 2.35. The molecule has 4 heteroatoms. The molecule has 1 aliphatic rings. The molecule has 0 aromatic heterocycles. The Morgan fingerprint density at radius 3 is 2.53 bits per heavy atom. The van der Waals surface area contributed by atoms with Crippen molar-refractivity contribution in [2.75, 3.05) is 32.9 Å². The molecule has 0 aliphatic carbocycles. The molecular formula is C13H25NO3. The molecule has 0 atom stereocenters. The number of aliphatic hydroxyl groups excluding tert-OH is 1. The van der Waals surface area contributed by atoms with Gasteiger partial charge < -0.3 is 14.6 Å². The van der Waals surface area contributed by atoms with Crippen molar-refractivity contribution in [2.45, 2.75) is 39.2 Å². The van der Waals surface area contributed by atoms with Gasteiger partial charge in [0.1, 0.15) is 6.29 Å². The molecule has 1 N–H and O–H groups in total. The van der Waals surface area contributed by atoms with Crippen molar-refractivity contribution >= 4 is 6.29 Å². The summed E-state index contributed by atoms with van der Waals surface area (Å²) in [4.78, 5) is 13.7. The number of rotatable bonds is 7. The number of ether oxygens (including phenoxy) is 1. The van der Waals surface area contributed by atoms with Crippen LogP contribution in [0.1, 0.15) is 33.1 Å². The molecule has 1 fully saturated rings. The van der Waals surface area contributed by atoms with E-state index in [9.17, 15) is 4.79 Å².